The quantitative estimate of drug-likeness (QED) is 0.365. The van der Waals surface area contributed by atoms with Gasteiger partial charge in [0.05, 0.1) is 22.7 Å². The molecule has 0 N–H and O–H groups in total. The highest BCUT2D eigenvalue weighted by molar-refractivity contribution is 9.10. The van der Waals surface area contributed by atoms with E-state index in [1.807, 2.05) is 36.8 Å². The van der Waals surface area contributed by atoms with Gasteiger partial charge in [-0.15, -0.1) is 0 Å². The van der Waals surface area contributed by atoms with Crippen LogP contribution < -0.4 is 0 Å². The number of rotatable bonds is 0. The molecule has 0 atom stereocenters. The van der Waals surface area contributed by atoms with Gasteiger partial charge in [0, 0.05) is 23.2 Å². The predicted molar refractivity (Wildman–Crippen MR) is 75.7 cm³/mol. The van der Waals surface area contributed by atoms with E-state index in [9.17, 15) is 0 Å². The lowest BCUT2D eigenvalue weighted by Crippen LogP contribution is -1.92. The molecule has 4 heteroatoms. The van der Waals surface area contributed by atoms with Crippen molar-refractivity contribution in [1.82, 2.24) is 14.4 Å². The summed E-state index contributed by atoms with van der Waals surface area (Å²) in [5.41, 5.74) is 3.22. The van der Waals surface area contributed by atoms with Crippen molar-refractivity contribution in [3.8, 4) is 0 Å². The average molecular weight is 298 g/mol. The van der Waals surface area contributed by atoms with Crippen molar-refractivity contribution in [2.24, 2.45) is 0 Å². The zero-order valence-corrected chi connectivity index (χ0v) is 10.9. The summed E-state index contributed by atoms with van der Waals surface area (Å²) in [6, 6.07) is 10.2. The summed E-state index contributed by atoms with van der Waals surface area (Å²) in [5.74, 6) is 0. The first-order valence-electron chi connectivity index (χ1n) is 5.63. The van der Waals surface area contributed by atoms with Gasteiger partial charge in [0.25, 0.3) is 0 Å². The molecule has 86 valence electrons. The second kappa shape index (κ2) is 3.53. The highest BCUT2D eigenvalue weighted by Gasteiger charge is 2.09. The molecule has 0 amide bonds. The minimum Gasteiger partial charge on any atom is -0.313 e. The van der Waals surface area contributed by atoms with E-state index < -0.39 is 0 Å². The molecule has 0 saturated carbocycles. The second-order valence-electron chi connectivity index (χ2n) is 4.19. The molecule has 0 aliphatic carbocycles. The van der Waals surface area contributed by atoms with E-state index in [1.54, 1.807) is 0 Å². The molecular weight excluding hydrogens is 290 g/mol. The third-order valence-corrected chi connectivity index (χ3v) is 3.64. The maximum atomic E-state index is 4.60. The molecule has 0 spiro atoms. The highest BCUT2D eigenvalue weighted by Crippen LogP contribution is 2.29. The minimum atomic E-state index is 0.853. The zero-order chi connectivity index (χ0) is 12.1. The molecule has 4 rings (SSSR count). The third-order valence-electron chi connectivity index (χ3n) is 3.20. The number of halogens is 1. The molecule has 4 heterocycles. The Hall–Kier alpha value is -1.94. The highest BCUT2D eigenvalue weighted by atomic mass is 79.9. The van der Waals surface area contributed by atoms with Crippen LogP contribution in [0.25, 0.3) is 27.3 Å². The molecule has 18 heavy (non-hydrogen) atoms. The van der Waals surface area contributed by atoms with Crippen LogP contribution in [0.1, 0.15) is 0 Å². The maximum Gasteiger partial charge on any atom is 0.106 e. The smallest absolute Gasteiger partial charge is 0.106 e. The van der Waals surface area contributed by atoms with Crippen molar-refractivity contribution in [2.45, 2.75) is 0 Å². The van der Waals surface area contributed by atoms with Gasteiger partial charge in [-0.2, -0.15) is 0 Å². The Morgan fingerprint density at radius 3 is 2.89 bits per heavy atom. The summed E-state index contributed by atoms with van der Waals surface area (Å²) in [7, 11) is 0. The molecule has 3 nitrogen and oxygen atoms in total. The van der Waals surface area contributed by atoms with Crippen molar-refractivity contribution in [3.63, 3.8) is 0 Å². The fraction of sp³-hybridized carbons (Fsp3) is 0. The van der Waals surface area contributed by atoms with Crippen molar-refractivity contribution >= 4 is 43.3 Å². The van der Waals surface area contributed by atoms with Crippen LogP contribution in [-0.2, 0) is 0 Å². The van der Waals surface area contributed by atoms with Gasteiger partial charge >= 0.3 is 0 Å². The summed E-state index contributed by atoms with van der Waals surface area (Å²) in [6.45, 7) is 0. The van der Waals surface area contributed by atoms with E-state index in [0.29, 0.717) is 0 Å². The van der Waals surface area contributed by atoms with Crippen molar-refractivity contribution in [3.05, 3.63) is 53.5 Å². The van der Waals surface area contributed by atoms with E-state index in [4.69, 9.17) is 0 Å². The fourth-order valence-corrected chi connectivity index (χ4v) is 2.75. The van der Waals surface area contributed by atoms with Crippen LogP contribution in [0.15, 0.2) is 53.5 Å². The van der Waals surface area contributed by atoms with Crippen molar-refractivity contribution < 1.29 is 0 Å². The summed E-state index contributed by atoms with van der Waals surface area (Å²) < 4.78 is 2.98. The van der Waals surface area contributed by atoms with Gasteiger partial charge in [0.1, 0.15) is 4.60 Å². The first-order valence-corrected chi connectivity index (χ1v) is 6.43. The number of nitrogens with zero attached hydrogens (tertiary/aromatic N) is 3. The van der Waals surface area contributed by atoms with Gasteiger partial charge in [0.15, 0.2) is 0 Å². The number of hydrogen-bond acceptors (Lipinski definition) is 2. The Balaban J connectivity index is 2.44. The number of hydrogen-bond donors (Lipinski definition) is 0. The summed E-state index contributed by atoms with van der Waals surface area (Å²) in [6.07, 6.45) is 5.75. The van der Waals surface area contributed by atoms with E-state index in [-0.39, 0.29) is 0 Å². The molecule has 0 aromatic carbocycles. The molecule has 0 radical (unpaired) electrons. The van der Waals surface area contributed by atoms with E-state index in [0.717, 1.165) is 26.5 Å². The molecular formula is C14H8BrN3. The van der Waals surface area contributed by atoms with Gasteiger partial charge in [-0.25, -0.2) is 4.98 Å². The SMILES string of the molecule is Brc1ccc2c3ccncc3n3cccc3c2n1. The van der Waals surface area contributed by atoms with Crippen LogP contribution in [-0.4, -0.2) is 14.4 Å². The van der Waals surface area contributed by atoms with E-state index in [2.05, 4.69) is 42.4 Å². The van der Waals surface area contributed by atoms with Crippen LogP contribution >= 0.6 is 15.9 Å². The number of aromatic nitrogens is 3. The second-order valence-corrected chi connectivity index (χ2v) is 5.00. The zero-order valence-electron chi connectivity index (χ0n) is 9.34. The van der Waals surface area contributed by atoms with Crippen LogP contribution in [0.5, 0.6) is 0 Å². The van der Waals surface area contributed by atoms with E-state index in [1.165, 1.54) is 5.39 Å². The normalized spacial score (nSPS) is 11.6. The van der Waals surface area contributed by atoms with E-state index >= 15 is 0 Å². The van der Waals surface area contributed by atoms with Gasteiger partial charge in [0.2, 0.25) is 0 Å². The monoisotopic (exact) mass is 297 g/mol. The van der Waals surface area contributed by atoms with Crippen LogP contribution in [0, 0.1) is 0 Å². The average Bonchev–Trinajstić information content (AvgIpc) is 2.88. The lowest BCUT2D eigenvalue weighted by Gasteiger charge is -2.07. The third kappa shape index (κ3) is 1.24. The lowest BCUT2D eigenvalue weighted by atomic mass is 10.1. The molecule has 0 saturated heterocycles. The van der Waals surface area contributed by atoms with Crippen LogP contribution in [0.4, 0.5) is 0 Å². The standard InChI is InChI=1S/C14H8BrN3/c15-13-4-3-10-9-5-6-16-8-12(9)18-7-1-2-11(18)14(10)17-13/h1-8H. The molecule has 0 aliphatic rings. The van der Waals surface area contributed by atoms with Gasteiger partial charge in [-0.05, 0) is 46.3 Å². The number of pyridine rings is 3. The Labute approximate surface area is 111 Å². The predicted octanol–water partition coefficient (Wildman–Crippen LogP) is 3.80. The van der Waals surface area contributed by atoms with Crippen LogP contribution in [0.2, 0.25) is 0 Å². The first-order chi connectivity index (χ1) is 8.84. The molecule has 0 aliphatic heterocycles. The minimum absolute atomic E-state index is 0.853. The molecule has 0 fully saturated rings. The molecule has 0 bridgehead atoms. The summed E-state index contributed by atoms with van der Waals surface area (Å²) in [4.78, 5) is 8.82. The molecule has 4 aromatic heterocycles. The Bertz CT molecular complexity index is 895. The summed E-state index contributed by atoms with van der Waals surface area (Å²) in [5, 5.41) is 2.32. The summed E-state index contributed by atoms with van der Waals surface area (Å²) >= 11 is 3.44. The lowest BCUT2D eigenvalue weighted by molar-refractivity contribution is 1.23. The first kappa shape index (κ1) is 10.0. The van der Waals surface area contributed by atoms with Gasteiger partial charge in [-0.3, -0.25) is 4.98 Å². The molecule has 4 aromatic rings. The topological polar surface area (TPSA) is 30.2 Å². The van der Waals surface area contributed by atoms with Crippen LogP contribution in [0.3, 0.4) is 0 Å². The Morgan fingerprint density at radius 2 is 1.94 bits per heavy atom. The van der Waals surface area contributed by atoms with Crippen molar-refractivity contribution in [1.29, 1.82) is 0 Å². The maximum absolute atomic E-state index is 4.60. The Kier molecular flexibility index (Phi) is 1.96. The number of fused-ring (bicyclic) bond motifs is 6. The fourth-order valence-electron chi connectivity index (χ4n) is 2.44. The Morgan fingerprint density at radius 1 is 1.00 bits per heavy atom. The molecule has 0 unspecified atom stereocenters. The van der Waals surface area contributed by atoms with Crippen molar-refractivity contribution in [2.75, 3.05) is 0 Å². The van der Waals surface area contributed by atoms with Gasteiger partial charge < -0.3 is 4.40 Å². The largest absolute Gasteiger partial charge is 0.313 e. The van der Waals surface area contributed by atoms with Gasteiger partial charge in [-0.1, -0.05) is 0 Å².